The molecule has 0 bridgehead atoms. The van der Waals surface area contributed by atoms with Gasteiger partial charge in [-0.3, -0.25) is 28.7 Å². The Bertz CT molecular complexity index is 1350. The summed E-state index contributed by atoms with van der Waals surface area (Å²) in [6.45, 7) is 0.159. The van der Waals surface area contributed by atoms with Crippen molar-refractivity contribution < 1.29 is 4.79 Å². The van der Waals surface area contributed by atoms with Crippen LogP contribution >= 0.6 is 0 Å². The fourth-order valence-corrected chi connectivity index (χ4v) is 3.27. The zero-order chi connectivity index (χ0) is 21.3. The molecule has 0 aliphatic rings. The topological polar surface area (TPSA) is 117 Å². The van der Waals surface area contributed by atoms with Gasteiger partial charge in [-0.15, -0.1) is 0 Å². The van der Waals surface area contributed by atoms with Gasteiger partial charge in [-0.25, -0.2) is 9.78 Å². The first-order valence-electron chi connectivity index (χ1n) is 9.19. The molecule has 4 aromatic rings. The van der Waals surface area contributed by atoms with E-state index in [4.69, 9.17) is 0 Å². The monoisotopic (exact) mass is 405 g/mol. The Morgan fingerprint density at radius 1 is 1.07 bits per heavy atom. The Kier molecular flexibility index (Phi) is 4.97. The SMILES string of the molecule is Cn1c(=O)c2c(ncn2CC(=O)NCc2cccnc2-c2cccnc2)n(C)c1=O. The third-order valence-corrected chi connectivity index (χ3v) is 4.83. The van der Waals surface area contributed by atoms with Crippen molar-refractivity contribution in [2.24, 2.45) is 14.1 Å². The molecule has 1 amide bonds. The summed E-state index contributed by atoms with van der Waals surface area (Å²) >= 11 is 0. The number of carbonyl (C=O) groups is 1. The average molecular weight is 405 g/mol. The van der Waals surface area contributed by atoms with Crippen LogP contribution in [0.5, 0.6) is 0 Å². The van der Waals surface area contributed by atoms with Crippen molar-refractivity contribution in [3.05, 3.63) is 75.6 Å². The Morgan fingerprint density at radius 3 is 2.63 bits per heavy atom. The van der Waals surface area contributed by atoms with Crippen molar-refractivity contribution in [2.75, 3.05) is 0 Å². The van der Waals surface area contributed by atoms with Crippen LogP contribution in [0.15, 0.2) is 58.8 Å². The van der Waals surface area contributed by atoms with Crippen LogP contribution in [0.1, 0.15) is 5.56 Å². The molecule has 4 aromatic heterocycles. The lowest BCUT2D eigenvalue weighted by Crippen LogP contribution is -2.38. The largest absolute Gasteiger partial charge is 0.350 e. The van der Waals surface area contributed by atoms with E-state index in [-0.39, 0.29) is 30.2 Å². The fraction of sp³-hybridized carbons (Fsp3) is 0.200. The molecule has 0 atom stereocenters. The van der Waals surface area contributed by atoms with Crippen molar-refractivity contribution in [3.63, 3.8) is 0 Å². The summed E-state index contributed by atoms with van der Waals surface area (Å²) in [6.07, 6.45) is 6.47. The first-order valence-corrected chi connectivity index (χ1v) is 9.19. The van der Waals surface area contributed by atoms with Crippen LogP contribution in [0.25, 0.3) is 22.4 Å². The number of hydrogen-bond donors (Lipinski definition) is 1. The lowest BCUT2D eigenvalue weighted by atomic mass is 10.1. The minimum Gasteiger partial charge on any atom is -0.350 e. The average Bonchev–Trinajstić information content (AvgIpc) is 3.19. The summed E-state index contributed by atoms with van der Waals surface area (Å²) in [5.41, 5.74) is 1.91. The second-order valence-electron chi connectivity index (χ2n) is 6.78. The third-order valence-electron chi connectivity index (χ3n) is 4.83. The summed E-state index contributed by atoms with van der Waals surface area (Å²) in [5, 5.41) is 2.85. The fourth-order valence-electron chi connectivity index (χ4n) is 3.27. The maximum Gasteiger partial charge on any atom is 0.332 e. The molecule has 0 saturated heterocycles. The molecule has 0 unspecified atom stereocenters. The third kappa shape index (κ3) is 3.39. The second kappa shape index (κ2) is 7.74. The highest BCUT2D eigenvalue weighted by Gasteiger charge is 2.16. The van der Waals surface area contributed by atoms with Crippen LogP contribution in [0.4, 0.5) is 0 Å². The molecule has 0 fully saturated rings. The number of rotatable bonds is 5. The molecule has 10 nitrogen and oxygen atoms in total. The lowest BCUT2D eigenvalue weighted by molar-refractivity contribution is -0.121. The highest BCUT2D eigenvalue weighted by molar-refractivity contribution is 5.79. The molecule has 10 heteroatoms. The second-order valence-corrected chi connectivity index (χ2v) is 6.78. The van der Waals surface area contributed by atoms with Crippen molar-refractivity contribution in [1.29, 1.82) is 0 Å². The molecule has 0 aliphatic carbocycles. The number of amides is 1. The van der Waals surface area contributed by atoms with Gasteiger partial charge >= 0.3 is 5.69 Å². The van der Waals surface area contributed by atoms with E-state index in [9.17, 15) is 14.4 Å². The Morgan fingerprint density at radius 2 is 1.87 bits per heavy atom. The van der Waals surface area contributed by atoms with Gasteiger partial charge in [0, 0.05) is 44.8 Å². The zero-order valence-corrected chi connectivity index (χ0v) is 16.4. The van der Waals surface area contributed by atoms with Crippen LogP contribution in [0, 0.1) is 0 Å². The van der Waals surface area contributed by atoms with Gasteiger partial charge in [0.25, 0.3) is 5.56 Å². The summed E-state index contributed by atoms with van der Waals surface area (Å²) < 4.78 is 3.72. The molecule has 0 saturated carbocycles. The van der Waals surface area contributed by atoms with Gasteiger partial charge < -0.3 is 9.88 Å². The van der Waals surface area contributed by atoms with Crippen molar-refractivity contribution in [3.8, 4) is 11.3 Å². The number of imidazole rings is 1. The highest BCUT2D eigenvalue weighted by Crippen LogP contribution is 2.19. The van der Waals surface area contributed by atoms with Crippen LogP contribution in [0.3, 0.4) is 0 Å². The van der Waals surface area contributed by atoms with Gasteiger partial charge in [0.15, 0.2) is 11.2 Å². The van der Waals surface area contributed by atoms with E-state index >= 15 is 0 Å². The predicted octanol–water partition coefficient (Wildman–Crippen LogP) is 0.207. The molecule has 4 rings (SSSR count). The first kappa shape index (κ1) is 19.2. The van der Waals surface area contributed by atoms with Gasteiger partial charge in [0.1, 0.15) is 6.54 Å². The first-order chi connectivity index (χ1) is 14.5. The number of aryl methyl sites for hydroxylation is 1. The maximum atomic E-state index is 12.6. The standard InChI is InChI=1S/C20H19N7O3/c1-25-18-17(19(29)26(2)20(25)30)27(12-24-18)11-15(28)23-10-14-6-4-8-22-16(14)13-5-3-7-21-9-13/h3-9,12H,10-11H2,1-2H3,(H,23,28). The molecule has 0 spiro atoms. The number of carbonyl (C=O) groups excluding carboxylic acids is 1. The Labute approximate surface area is 170 Å². The molecule has 1 N–H and O–H groups in total. The quantitative estimate of drug-likeness (QED) is 0.507. The minimum absolute atomic E-state index is 0.105. The van der Waals surface area contributed by atoms with Crippen LogP contribution < -0.4 is 16.6 Å². The number of aromatic nitrogens is 6. The number of pyridine rings is 2. The van der Waals surface area contributed by atoms with Crippen molar-refractivity contribution in [1.82, 2.24) is 34.0 Å². The minimum atomic E-state index is -0.496. The Hall–Kier alpha value is -4.08. The van der Waals surface area contributed by atoms with E-state index in [2.05, 4.69) is 20.3 Å². The lowest BCUT2D eigenvalue weighted by Gasteiger charge is -2.10. The summed E-state index contributed by atoms with van der Waals surface area (Å²) in [4.78, 5) is 49.7. The van der Waals surface area contributed by atoms with Gasteiger partial charge in [-0.2, -0.15) is 0 Å². The maximum absolute atomic E-state index is 12.6. The summed E-state index contributed by atoms with van der Waals surface area (Å²) in [5.74, 6) is -0.300. The van der Waals surface area contributed by atoms with E-state index in [1.807, 2.05) is 18.2 Å². The van der Waals surface area contributed by atoms with Crippen LogP contribution in [-0.4, -0.2) is 34.6 Å². The van der Waals surface area contributed by atoms with Gasteiger partial charge in [-0.05, 0) is 23.8 Å². The van der Waals surface area contributed by atoms with Crippen LogP contribution in [-0.2, 0) is 32.0 Å². The highest BCUT2D eigenvalue weighted by atomic mass is 16.2. The zero-order valence-electron chi connectivity index (χ0n) is 16.4. The summed E-state index contributed by atoms with van der Waals surface area (Å²) in [7, 11) is 2.92. The predicted molar refractivity (Wildman–Crippen MR) is 110 cm³/mol. The number of nitrogens with zero attached hydrogens (tertiary/aromatic N) is 6. The molecular formula is C20H19N7O3. The van der Waals surface area contributed by atoms with Gasteiger partial charge in [-0.1, -0.05) is 6.07 Å². The van der Waals surface area contributed by atoms with Crippen molar-refractivity contribution >= 4 is 17.1 Å². The van der Waals surface area contributed by atoms with Gasteiger partial charge in [0.2, 0.25) is 5.91 Å². The number of hydrogen-bond acceptors (Lipinski definition) is 6. The van der Waals surface area contributed by atoms with E-state index < -0.39 is 11.2 Å². The smallest absolute Gasteiger partial charge is 0.332 e. The van der Waals surface area contributed by atoms with Gasteiger partial charge in [0.05, 0.1) is 12.0 Å². The molecule has 30 heavy (non-hydrogen) atoms. The number of fused-ring (bicyclic) bond motifs is 1. The van der Waals surface area contributed by atoms with E-state index in [1.165, 1.54) is 29.6 Å². The Balaban J connectivity index is 1.55. The van der Waals surface area contributed by atoms with E-state index in [1.54, 1.807) is 24.7 Å². The molecule has 4 heterocycles. The summed E-state index contributed by atoms with van der Waals surface area (Å²) in [6, 6.07) is 7.41. The molecule has 0 radical (unpaired) electrons. The molecule has 152 valence electrons. The van der Waals surface area contributed by atoms with Crippen LogP contribution in [0.2, 0.25) is 0 Å². The molecular weight excluding hydrogens is 386 g/mol. The van der Waals surface area contributed by atoms with Crippen molar-refractivity contribution in [2.45, 2.75) is 13.1 Å². The van der Waals surface area contributed by atoms with E-state index in [0.29, 0.717) is 0 Å². The molecule has 0 aliphatic heterocycles. The normalized spacial score (nSPS) is 11.0. The number of nitrogens with one attached hydrogen (secondary N) is 1. The molecule has 0 aromatic carbocycles. The van der Waals surface area contributed by atoms with E-state index in [0.717, 1.165) is 21.4 Å².